The Morgan fingerprint density at radius 1 is 1.43 bits per heavy atom. The number of hydrogen-bond donors (Lipinski definition) is 5. The Balaban J connectivity index is 0. The third-order valence-corrected chi connectivity index (χ3v) is 1.04. The predicted molar refractivity (Wildman–Crippen MR) is 51.9 cm³/mol. The van der Waals surface area contributed by atoms with Crippen LogP contribution < -0.4 is 17.5 Å². The maximum absolute atomic E-state index is 9.60. The van der Waals surface area contributed by atoms with Crippen LogP contribution in [0, 0.1) is 0 Å². The van der Waals surface area contributed by atoms with E-state index in [1.54, 1.807) is 6.92 Å². The summed E-state index contributed by atoms with van der Waals surface area (Å²) in [6, 6.07) is 0. The van der Waals surface area contributed by atoms with E-state index in [1.165, 1.54) is 0 Å². The van der Waals surface area contributed by atoms with E-state index in [-0.39, 0.29) is 6.54 Å². The molecule has 14 heavy (non-hydrogen) atoms. The Hall–Kier alpha value is -0.730. The fourth-order valence-electron chi connectivity index (χ4n) is 0.672. The molecule has 0 saturated carbocycles. The lowest BCUT2D eigenvalue weighted by molar-refractivity contribution is -0.965. The molecule has 0 bridgehead atoms. The Kier molecular flexibility index (Phi) is 8.60. The van der Waals surface area contributed by atoms with Gasteiger partial charge in [-0.05, 0) is 13.3 Å². The van der Waals surface area contributed by atoms with Gasteiger partial charge in [0.1, 0.15) is 6.10 Å². The molecule has 7 nitrogen and oxygen atoms in total. The predicted octanol–water partition coefficient (Wildman–Crippen LogP) is -1.32. The molecule has 0 aliphatic rings. The SMILES string of the molecule is CC(O)C[N+](N)(N)N.CCCC(=O)O. The minimum absolute atomic E-state index is 0.153. The van der Waals surface area contributed by atoms with Crippen molar-refractivity contribution < 1.29 is 19.8 Å². The lowest BCUT2D eigenvalue weighted by atomic mass is 10.4. The summed E-state index contributed by atoms with van der Waals surface area (Å²) in [5.74, 6) is 14.5. The van der Waals surface area contributed by atoms with Crippen LogP contribution in [0.15, 0.2) is 0 Å². The van der Waals surface area contributed by atoms with E-state index in [9.17, 15) is 4.79 Å². The number of aliphatic hydroxyl groups is 1. The quantitative estimate of drug-likeness (QED) is 0.221. The van der Waals surface area contributed by atoms with Gasteiger partial charge in [0.25, 0.3) is 0 Å². The van der Waals surface area contributed by atoms with Gasteiger partial charge in [-0.15, -0.1) is 22.3 Å². The van der Waals surface area contributed by atoms with Crippen molar-refractivity contribution in [1.29, 1.82) is 0 Å². The van der Waals surface area contributed by atoms with Crippen LogP contribution in [0.1, 0.15) is 26.7 Å². The van der Waals surface area contributed by atoms with E-state index in [2.05, 4.69) is 0 Å². The van der Waals surface area contributed by atoms with Crippen molar-refractivity contribution in [3.63, 3.8) is 0 Å². The minimum atomic E-state index is -0.711. The molecule has 1 unspecified atom stereocenters. The van der Waals surface area contributed by atoms with Gasteiger partial charge in [-0.3, -0.25) is 4.79 Å². The van der Waals surface area contributed by atoms with Crippen LogP contribution in [0.2, 0.25) is 0 Å². The molecule has 0 aliphatic carbocycles. The van der Waals surface area contributed by atoms with Gasteiger partial charge < -0.3 is 10.2 Å². The average Bonchev–Trinajstić information content (AvgIpc) is 1.80. The monoisotopic (exact) mass is 209 g/mol. The molecule has 0 aromatic heterocycles. The standard InChI is InChI=1S/C4H8O2.C3H13N4O/c1-2-3-4(5)6;1-3(8)2-7(4,5)6/h2-3H2,1H3,(H,5,6);3,8H,2,4-6H2,1H3/q;+1. The van der Waals surface area contributed by atoms with Gasteiger partial charge in [0.2, 0.25) is 0 Å². The van der Waals surface area contributed by atoms with E-state index in [1.807, 2.05) is 6.92 Å². The van der Waals surface area contributed by atoms with Gasteiger partial charge in [0.05, 0.1) is 0 Å². The highest BCUT2D eigenvalue weighted by Crippen LogP contribution is 1.82. The van der Waals surface area contributed by atoms with Crippen LogP contribution >= 0.6 is 0 Å². The molecule has 0 spiro atoms. The van der Waals surface area contributed by atoms with Gasteiger partial charge in [-0.25, -0.2) is 0 Å². The van der Waals surface area contributed by atoms with Crippen molar-refractivity contribution in [2.24, 2.45) is 17.5 Å². The van der Waals surface area contributed by atoms with Crippen LogP contribution in [-0.2, 0) is 4.79 Å². The summed E-state index contributed by atoms with van der Waals surface area (Å²) in [4.78, 5) is 8.93. The molecule has 0 fully saturated rings. The molecule has 1 atom stereocenters. The topological polar surface area (TPSA) is 136 Å². The largest absolute Gasteiger partial charge is 0.481 e. The summed E-state index contributed by atoms with van der Waals surface area (Å²) in [6.07, 6.45) is 0.463. The first kappa shape index (κ1) is 15.7. The third kappa shape index (κ3) is 22.5. The maximum atomic E-state index is 9.60. The molecular weight excluding hydrogens is 188 g/mol. The second kappa shape index (κ2) is 7.65. The Bertz CT molecular complexity index is 156. The minimum Gasteiger partial charge on any atom is -0.481 e. The van der Waals surface area contributed by atoms with Crippen LogP contribution in [0.4, 0.5) is 0 Å². The molecule has 0 saturated heterocycles. The van der Waals surface area contributed by atoms with Crippen LogP contribution in [-0.4, -0.2) is 33.6 Å². The number of quaternary nitrogens is 1. The van der Waals surface area contributed by atoms with Crippen molar-refractivity contribution in [2.75, 3.05) is 6.54 Å². The number of nitrogens with zero attached hydrogens (tertiary/aromatic N) is 1. The Morgan fingerprint density at radius 2 is 1.86 bits per heavy atom. The van der Waals surface area contributed by atoms with Crippen molar-refractivity contribution in [3.8, 4) is 0 Å². The van der Waals surface area contributed by atoms with E-state index in [4.69, 9.17) is 27.7 Å². The van der Waals surface area contributed by atoms with E-state index in [0.29, 0.717) is 6.42 Å². The van der Waals surface area contributed by atoms with Crippen molar-refractivity contribution in [1.82, 2.24) is 0 Å². The fraction of sp³-hybridized carbons (Fsp3) is 0.857. The highest BCUT2D eigenvalue weighted by molar-refractivity contribution is 5.66. The molecule has 0 heterocycles. The van der Waals surface area contributed by atoms with Crippen LogP contribution in [0.25, 0.3) is 0 Å². The smallest absolute Gasteiger partial charge is 0.303 e. The first-order valence-corrected chi connectivity index (χ1v) is 4.32. The first-order valence-electron chi connectivity index (χ1n) is 4.32. The number of carboxylic acids is 1. The van der Waals surface area contributed by atoms with Crippen LogP contribution in [0.3, 0.4) is 0 Å². The highest BCUT2D eigenvalue weighted by atomic mass is 16.4. The van der Waals surface area contributed by atoms with Gasteiger partial charge in [0.15, 0.2) is 6.54 Å². The Morgan fingerprint density at radius 3 is 1.86 bits per heavy atom. The second-order valence-electron chi connectivity index (χ2n) is 3.17. The molecular formula is C7H21N4O3+. The molecule has 86 valence electrons. The van der Waals surface area contributed by atoms with E-state index in [0.717, 1.165) is 6.42 Å². The fourth-order valence-corrected chi connectivity index (χ4v) is 0.672. The molecule has 7 heteroatoms. The average molecular weight is 209 g/mol. The van der Waals surface area contributed by atoms with E-state index < -0.39 is 16.9 Å². The Labute approximate surface area is 83.6 Å². The zero-order chi connectivity index (χ0) is 11.8. The number of carboxylic acid groups (broad SMARTS) is 1. The number of aliphatic hydroxyl groups excluding tert-OH is 1. The molecule has 0 radical (unpaired) electrons. The number of nitrogens with two attached hydrogens (primary N) is 3. The number of rotatable bonds is 4. The molecule has 8 N–H and O–H groups in total. The van der Waals surface area contributed by atoms with Gasteiger partial charge in [0, 0.05) is 6.42 Å². The molecule has 0 aromatic rings. The van der Waals surface area contributed by atoms with Gasteiger partial charge in [-0.1, -0.05) is 6.92 Å². The third-order valence-electron chi connectivity index (χ3n) is 1.04. The zero-order valence-electron chi connectivity index (χ0n) is 8.68. The number of carbonyl (C=O) groups is 1. The normalized spacial score (nSPS) is 12.7. The molecule has 0 aliphatic heterocycles. The molecule has 0 aromatic carbocycles. The van der Waals surface area contributed by atoms with E-state index >= 15 is 0 Å². The lowest BCUT2D eigenvalue weighted by Gasteiger charge is -2.19. The summed E-state index contributed by atoms with van der Waals surface area (Å²) in [6.45, 7) is 3.56. The second-order valence-corrected chi connectivity index (χ2v) is 3.17. The van der Waals surface area contributed by atoms with Crippen LogP contribution in [0.5, 0.6) is 0 Å². The summed E-state index contributed by atoms with van der Waals surface area (Å²) in [5, 5.41) is 16.5. The number of hydrogen-bond acceptors (Lipinski definition) is 5. The zero-order valence-corrected chi connectivity index (χ0v) is 8.68. The van der Waals surface area contributed by atoms with Crippen molar-refractivity contribution in [2.45, 2.75) is 32.8 Å². The summed E-state index contributed by atoms with van der Waals surface area (Å²) < 4.78 is 0. The van der Waals surface area contributed by atoms with Crippen molar-refractivity contribution >= 4 is 5.97 Å². The number of aliphatic carboxylic acids is 1. The summed E-state index contributed by atoms with van der Waals surface area (Å²) >= 11 is 0. The summed E-state index contributed by atoms with van der Waals surface area (Å²) in [5.41, 5.74) is 0. The maximum Gasteiger partial charge on any atom is 0.303 e. The first-order chi connectivity index (χ1) is 6.19. The van der Waals surface area contributed by atoms with Gasteiger partial charge >= 0.3 is 5.97 Å². The van der Waals surface area contributed by atoms with Crippen molar-refractivity contribution in [3.05, 3.63) is 0 Å². The summed E-state index contributed by atoms with van der Waals surface area (Å²) in [7, 11) is 0. The lowest BCUT2D eigenvalue weighted by Crippen LogP contribution is -2.68. The molecule has 0 amide bonds. The van der Waals surface area contributed by atoms with Gasteiger partial charge in [-0.2, -0.15) is 0 Å². The molecule has 0 rings (SSSR count). The highest BCUT2D eigenvalue weighted by Gasteiger charge is 2.13.